The largest absolute Gasteiger partial charge is 0.482 e. The third-order valence-electron chi connectivity index (χ3n) is 3.57. The first-order chi connectivity index (χ1) is 11.0. The maximum absolute atomic E-state index is 11.8. The molecule has 1 saturated carbocycles. The Morgan fingerprint density at radius 3 is 2.70 bits per heavy atom. The third-order valence-corrected chi connectivity index (χ3v) is 4.06. The molecule has 6 nitrogen and oxygen atoms in total. The third kappa shape index (κ3) is 5.25. The Morgan fingerprint density at radius 1 is 1.30 bits per heavy atom. The number of benzene rings is 1. The molecule has 23 heavy (non-hydrogen) atoms. The maximum Gasteiger partial charge on any atom is 0.344 e. The standard InChI is InChI=1S/C16H17BrN2O4/c17-12-4-3-5-13(8-12)22-10-15(21)23-9-14(20)19-16(11-18)6-1-2-7-16/h3-5,8H,1-2,6-7,9-10H2,(H,19,20). The molecule has 1 amide bonds. The Kier molecular flexibility index (Phi) is 5.99. The number of esters is 1. The van der Waals surface area contributed by atoms with Gasteiger partial charge in [-0.05, 0) is 43.9 Å². The van der Waals surface area contributed by atoms with E-state index in [0.29, 0.717) is 18.6 Å². The number of hydrogen-bond donors (Lipinski definition) is 1. The van der Waals surface area contributed by atoms with Gasteiger partial charge < -0.3 is 14.8 Å². The van der Waals surface area contributed by atoms with Gasteiger partial charge in [0.15, 0.2) is 13.2 Å². The minimum absolute atomic E-state index is 0.285. The summed E-state index contributed by atoms with van der Waals surface area (Å²) in [7, 11) is 0. The van der Waals surface area contributed by atoms with Gasteiger partial charge in [-0.25, -0.2) is 4.79 Å². The van der Waals surface area contributed by atoms with Gasteiger partial charge in [0, 0.05) is 4.47 Å². The van der Waals surface area contributed by atoms with Crippen molar-refractivity contribution in [1.82, 2.24) is 5.32 Å². The fourth-order valence-corrected chi connectivity index (χ4v) is 2.81. The van der Waals surface area contributed by atoms with E-state index >= 15 is 0 Å². The van der Waals surface area contributed by atoms with Crippen molar-refractivity contribution >= 4 is 27.8 Å². The predicted molar refractivity (Wildman–Crippen MR) is 85.6 cm³/mol. The first-order valence-electron chi connectivity index (χ1n) is 7.29. The first kappa shape index (κ1) is 17.3. The number of amides is 1. The van der Waals surface area contributed by atoms with Crippen LogP contribution in [0, 0.1) is 11.3 Å². The number of halogens is 1. The van der Waals surface area contributed by atoms with Crippen molar-refractivity contribution in [2.45, 2.75) is 31.2 Å². The lowest BCUT2D eigenvalue weighted by Crippen LogP contribution is -2.46. The van der Waals surface area contributed by atoms with E-state index in [-0.39, 0.29) is 6.61 Å². The summed E-state index contributed by atoms with van der Waals surface area (Å²) in [6.07, 6.45) is 3.09. The summed E-state index contributed by atoms with van der Waals surface area (Å²) in [6, 6.07) is 9.19. The summed E-state index contributed by atoms with van der Waals surface area (Å²) >= 11 is 3.30. The van der Waals surface area contributed by atoms with Gasteiger partial charge in [0.2, 0.25) is 0 Å². The lowest BCUT2D eigenvalue weighted by atomic mass is 10.00. The van der Waals surface area contributed by atoms with E-state index in [9.17, 15) is 14.9 Å². The summed E-state index contributed by atoms with van der Waals surface area (Å²) in [5.74, 6) is -0.586. The highest BCUT2D eigenvalue weighted by molar-refractivity contribution is 9.10. The summed E-state index contributed by atoms with van der Waals surface area (Å²) in [5.41, 5.74) is -0.809. The molecule has 0 aromatic heterocycles. The van der Waals surface area contributed by atoms with Gasteiger partial charge in [-0.1, -0.05) is 22.0 Å². The number of rotatable bonds is 6. The Morgan fingerprint density at radius 2 is 2.04 bits per heavy atom. The van der Waals surface area contributed by atoms with Gasteiger partial charge in [-0.3, -0.25) is 4.79 Å². The molecule has 0 heterocycles. The molecule has 0 aliphatic heterocycles. The van der Waals surface area contributed by atoms with Crippen LogP contribution in [0.1, 0.15) is 25.7 Å². The second-order valence-corrected chi connectivity index (χ2v) is 6.27. The molecule has 2 rings (SSSR count). The molecule has 122 valence electrons. The molecule has 1 aromatic carbocycles. The summed E-state index contributed by atoms with van der Waals surface area (Å²) in [6.45, 7) is -0.697. The van der Waals surface area contributed by atoms with E-state index in [1.807, 2.05) is 6.07 Å². The summed E-state index contributed by atoms with van der Waals surface area (Å²) in [5, 5.41) is 11.8. The van der Waals surface area contributed by atoms with Gasteiger partial charge in [0.05, 0.1) is 6.07 Å². The van der Waals surface area contributed by atoms with Crippen molar-refractivity contribution in [2.24, 2.45) is 0 Å². The van der Waals surface area contributed by atoms with Crippen LogP contribution in [0.25, 0.3) is 0 Å². The Bertz CT molecular complexity index is 621. The SMILES string of the molecule is N#CC1(NC(=O)COC(=O)COc2cccc(Br)c2)CCCC1. The zero-order chi connectivity index (χ0) is 16.7. The van der Waals surface area contributed by atoms with Crippen LogP contribution in [-0.2, 0) is 14.3 Å². The van der Waals surface area contributed by atoms with E-state index in [4.69, 9.17) is 9.47 Å². The Hall–Kier alpha value is -2.07. The highest BCUT2D eigenvalue weighted by Crippen LogP contribution is 2.28. The van der Waals surface area contributed by atoms with Gasteiger partial charge in [0.1, 0.15) is 11.3 Å². The van der Waals surface area contributed by atoms with Crippen LogP contribution < -0.4 is 10.1 Å². The van der Waals surface area contributed by atoms with Gasteiger partial charge >= 0.3 is 5.97 Å². The lowest BCUT2D eigenvalue weighted by molar-refractivity contribution is -0.150. The molecule has 0 spiro atoms. The Balaban J connectivity index is 1.71. The van der Waals surface area contributed by atoms with Gasteiger partial charge in [-0.2, -0.15) is 5.26 Å². The van der Waals surface area contributed by atoms with Crippen molar-refractivity contribution in [3.8, 4) is 11.8 Å². The minimum Gasteiger partial charge on any atom is -0.482 e. The number of nitriles is 1. The predicted octanol–water partition coefficient (Wildman–Crippen LogP) is 2.32. The van der Waals surface area contributed by atoms with Crippen molar-refractivity contribution < 1.29 is 19.1 Å². The van der Waals surface area contributed by atoms with Crippen molar-refractivity contribution in [3.05, 3.63) is 28.7 Å². The smallest absolute Gasteiger partial charge is 0.344 e. The van der Waals surface area contributed by atoms with Crippen molar-refractivity contribution in [3.63, 3.8) is 0 Å². The molecule has 0 saturated heterocycles. The van der Waals surface area contributed by atoms with E-state index in [0.717, 1.165) is 17.3 Å². The van der Waals surface area contributed by atoms with Crippen LogP contribution in [0.3, 0.4) is 0 Å². The lowest BCUT2D eigenvalue weighted by Gasteiger charge is -2.21. The van der Waals surface area contributed by atoms with Gasteiger partial charge in [-0.15, -0.1) is 0 Å². The van der Waals surface area contributed by atoms with Crippen LogP contribution in [0.4, 0.5) is 0 Å². The minimum atomic E-state index is -0.809. The molecular weight excluding hydrogens is 364 g/mol. The van der Waals surface area contributed by atoms with Gasteiger partial charge in [0.25, 0.3) is 5.91 Å². The van der Waals surface area contributed by atoms with Crippen LogP contribution >= 0.6 is 15.9 Å². The molecule has 0 bridgehead atoms. The van der Waals surface area contributed by atoms with Crippen LogP contribution in [-0.4, -0.2) is 30.6 Å². The van der Waals surface area contributed by atoms with Crippen LogP contribution in [0.2, 0.25) is 0 Å². The van der Waals surface area contributed by atoms with E-state index in [2.05, 4.69) is 27.3 Å². The monoisotopic (exact) mass is 380 g/mol. The summed E-state index contributed by atoms with van der Waals surface area (Å²) < 4.78 is 11.0. The molecule has 7 heteroatoms. The second-order valence-electron chi connectivity index (χ2n) is 5.36. The highest BCUT2D eigenvalue weighted by atomic mass is 79.9. The van der Waals surface area contributed by atoms with Crippen molar-refractivity contribution in [1.29, 1.82) is 5.26 Å². The molecule has 0 atom stereocenters. The number of nitrogens with zero attached hydrogens (tertiary/aromatic N) is 1. The average molecular weight is 381 g/mol. The van der Waals surface area contributed by atoms with Crippen LogP contribution in [0.15, 0.2) is 28.7 Å². The van der Waals surface area contributed by atoms with Crippen LogP contribution in [0.5, 0.6) is 5.75 Å². The Labute approximate surface area is 142 Å². The zero-order valence-corrected chi connectivity index (χ0v) is 14.1. The molecular formula is C16H17BrN2O4. The second kappa shape index (κ2) is 7.97. The fraction of sp³-hybridized carbons (Fsp3) is 0.438. The fourth-order valence-electron chi connectivity index (χ4n) is 2.43. The van der Waals surface area contributed by atoms with Crippen molar-refractivity contribution in [2.75, 3.05) is 13.2 Å². The molecule has 0 unspecified atom stereocenters. The number of carbonyl (C=O) groups excluding carboxylic acids is 2. The number of ether oxygens (including phenoxy) is 2. The quantitative estimate of drug-likeness (QED) is 0.764. The number of hydrogen-bond acceptors (Lipinski definition) is 5. The molecule has 1 N–H and O–H groups in total. The molecule has 1 fully saturated rings. The van der Waals surface area contributed by atoms with E-state index in [1.54, 1.807) is 18.2 Å². The molecule has 1 aromatic rings. The molecule has 0 radical (unpaired) electrons. The topological polar surface area (TPSA) is 88.4 Å². The molecule has 1 aliphatic rings. The highest BCUT2D eigenvalue weighted by Gasteiger charge is 2.35. The van der Waals surface area contributed by atoms with E-state index in [1.165, 1.54) is 0 Å². The molecule has 1 aliphatic carbocycles. The number of nitrogens with one attached hydrogen (secondary N) is 1. The van der Waals surface area contributed by atoms with E-state index < -0.39 is 24.0 Å². The number of carbonyl (C=O) groups is 2. The zero-order valence-electron chi connectivity index (χ0n) is 12.5. The summed E-state index contributed by atoms with van der Waals surface area (Å²) in [4.78, 5) is 23.4. The average Bonchev–Trinajstić information content (AvgIpc) is 3.00. The normalized spacial score (nSPS) is 15.5. The maximum atomic E-state index is 11.8. The first-order valence-corrected chi connectivity index (χ1v) is 8.09.